The van der Waals surface area contributed by atoms with Crippen LogP contribution in [-0.4, -0.2) is 34.8 Å². The number of hydrogen-bond acceptors (Lipinski definition) is 4. The van der Waals surface area contributed by atoms with E-state index in [9.17, 15) is 4.79 Å². The van der Waals surface area contributed by atoms with Crippen LogP contribution in [0.4, 0.5) is 5.69 Å². The van der Waals surface area contributed by atoms with Crippen molar-refractivity contribution in [2.24, 2.45) is 10.7 Å². The quantitative estimate of drug-likeness (QED) is 0.875. The highest BCUT2D eigenvalue weighted by molar-refractivity contribution is 5.94. The van der Waals surface area contributed by atoms with Crippen molar-refractivity contribution in [3.8, 4) is 0 Å². The molecule has 0 unspecified atom stereocenters. The van der Waals surface area contributed by atoms with E-state index in [0.717, 1.165) is 36.2 Å². The summed E-state index contributed by atoms with van der Waals surface area (Å²) < 4.78 is 0. The van der Waals surface area contributed by atoms with Gasteiger partial charge in [0.2, 0.25) is 0 Å². The molecule has 0 bridgehead atoms. The van der Waals surface area contributed by atoms with Crippen LogP contribution >= 0.6 is 0 Å². The number of guanidine groups is 1. The maximum Gasteiger partial charge on any atom is 0.253 e. The average Bonchev–Trinajstić information content (AvgIpc) is 2.74. The van der Waals surface area contributed by atoms with Gasteiger partial charge >= 0.3 is 0 Å². The van der Waals surface area contributed by atoms with Gasteiger partial charge in [0.15, 0.2) is 5.96 Å². The van der Waals surface area contributed by atoms with Gasteiger partial charge in [0.1, 0.15) is 0 Å². The molecule has 2 aromatic rings. The molecule has 1 saturated carbocycles. The Bertz CT molecular complexity index is 886. The SMILES string of the molecule is CN(C(=O)c1cccc(CN2Cc3ccccc3N=C2N)c1)C1CCCCC1. The summed E-state index contributed by atoms with van der Waals surface area (Å²) in [5.74, 6) is 0.633. The van der Waals surface area contributed by atoms with E-state index in [-0.39, 0.29) is 5.91 Å². The van der Waals surface area contributed by atoms with E-state index in [1.54, 1.807) is 0 Å². The highest BCUT2D eigenvalue weighted by Gasteiger charge is 2.23. The predicted molar refractivity (Wildman–Crippen MR) is 112 cm³/mol. The molecule has 1 heterocycles. The summed E-state index contributed by atoms with van der Waals surface area (Å²) in [4.78, 5) is 21.5. The third-order valence-corrected chi connectivity index (χ3v) is 5.90. The molecule has 1 aliphatic carbocycles. The number of carbonyl (C=O) groups is 1. The van der Waals surface area contributed by atoms with Gasteiger partial charge in [0, 0.05) is 31.7 Å². The van der Waals surface area contributed by atoms with Gasteiger partial charge in [-0.2, -0.15) is 0 Å². The number of rotatable bonds is 4. The summed E-state index contributed by atoms with van der Waals surface area (Å²) in [5.41, 5.74) is 10.1. The number of amides is 1. The Balaban J connectivity index is 1.48. The summed E-state index contributed by atoms with van der Waals surface area (Å²) in [6, 6.07) is 16.3. The topological polar surface area (TPSA) is 61.9 Å². The lowest BCUT2D eigenvalue weighted by atomic mass is 9.94. The first-order chi connectivity index (χ1) is 13.6. The second-order valence-electron chi connectivity index (χ2n) is 7.86. The number of carbonyl (C=O) groups excluding carboxylic acids is 1. The van der Waals surface area contributed by atoms with Crippen LogP contribution in [0.1, 0.15) is 53.6 Å². The lowest BCUT2D eigenvalue weighted by molar-refractivity contribution is 0.0696. The molecule has 146 valence electrons. The van der Waals surface area contributed by atoms with Crippen LogP contribution in [0.15, 0.2) is 53.5 Å². The monoisotopic (exact) mass is 376 g/mol. The van der Waals surface area contributed by atoms with Crippen molar-refractivity contribution in [3.63, 3.8) is 0 Å². The van der Waals surface area contributed by atoms with Crippen LogP contribution in [0, 0.1) is 0 Å². The van der Waals surface area contributed by atoms with E-state index in [1.807, 2.05) is 54.4 Å². The molecule has 1 aliphatic heterocycles. The lowest BCUT2D eigenvalue weighted by Gasteiger charge is -2.31. The molecule has 0 saturated heterocycles. The number of hydrogen-bond donors (Lipinski definition) is 1. The minimum absolute atomic E-state index is 0.111. The van der Waals surface area contributed by atoms with Crippen molar-refractivity contribution in [2.75, 3.05) is 7.05 Å². The van der Waals surface area contributed by atoms with E-state index >= 15 is 0 Å². The molecule has 5 heteroatoms. The highest BCUT2D eigenvalue weighted by atomic mass is 16.2. The van der Waals surface area contributed by atoms with Crippen LogP contribution in [0.5, 0.6) is 0 Å². The average molecular weight is 377 g/mol. The fourth-order valence-electron chi connectivity index (χ4n) is 4.23. The molecule has 2 N–H and O–H groups in total. The molecule has 2 aliphatic rings. The molecule has 5 nitrogen and oxygen atoms in total. The normalized spacial score (nSPS) is 17.0. The summed E-state index contributed by atoms with van der Waals surface area (Å²) in [6.45, 7) is 1.36. The van der Waals surface area contributed by atoms with E-state index in [2.05, 4.69) is 16.0 Å². The first-order valence-electron chi connectivity index (χ1n) is 10.1. The van der Waals surface area contributed by atoms with Gasteiger partial charge in [0.05, 0.1) is 5.69 Å². The second kappa shape index (κ2) is 8.05. The third kappa shape index (κ3) is 3.88. The van der Waals surface area contributed by atoms with Crippen molar-refractivity contribution in [1.29, 1.82) is 0 Å². The molecule has 0 atom stereocenters. The molecule has 4 rings (SSSR count). The maximum atomic E-state index is 13.0. The van der Waals surface area contributed by atoms with Gasteiger partial charge in [-0.3, -0.25) is 4.79 Å². The largest absolute Gasteiger partial charge is 0.369 e. The van der Waals surface area contributed by atoms with Crippen molar-refractivity contribution < 1.29 is 4.79 Å². The number of benzene rings is 2. The molecular weight excluding hydrogens is 348 g/mol. The zero-order chi connectivity index (χ0) is 19.5. The lowest BCUT2D eigenvalue weighted by Crippen LogP contribution is -2.39. The Morgan fingerprint density at radius 2 is 1.93 bits per heavy atom. The van der Waals surface area contributed by atoms with Gasteiger partial charge in [-0.25, -0.2) is 4.99 Å². The zero-order valence-electron chi connectivity index (χ0n) is 16.5. The first-order valence-corrected chi connectivity index (χ1v) is 10.1. The third-order valence-electron chi connectivity index (χ3n) is 5.90. The Labute approximate surface area is 166 Å². The fourth-order valence-corrected chi connectivity index (χ4v) is 4.23. The molecule has 28 heavy (non-hydrogen) atoms. The molecule has 0 spiro atoms. The van der Waals surface area contributed by atoms with E-state index in [0.29, 0.717) is 18.5 Å². The molecule has 2 aromatic carbocycles. The van der Waals surface area contributed by atoms with Crippen molar-refractivity contribution in [1.82, 2.24) is 9.80 Å². The van der Waals surface area contributed by atoms with Crippen molar-refractivity contribution in [2.45, 2.75) is 51.2 Å². The molecular formula is C23H28N4O. The smallest absolute Gasteiger partial charge is 0.253 e. The number of nitrogens with two attached hydrogens (primary N) is 1. The van der Waals surface area contributed by atoms with Gasteiger partial charge in [-0.05, 0) is 42.2 Å². The number of nitrogens with zero attached hydrogens (tertiary/aromatic N) is 3. The van der Waals surface area contributed by atoms with Gasteiger partial charge < -0.3 is 15.5 Å². The van der Waals surface area contributed by atoms with Gasteiger partial charge in [-0.1, -0.05) is 49.6 Å². The van der Waals surface area contributed by atoms with Crippen LogP contribution in [0.2, 0.25) is 0 Å². The zero-order valence-corrected chi connectivity index (χ0v) is 16.5. The highest BCUT2D eigenvalue weighted by Crippen LogP contribution is 2.26. The van der Waals surface area contributed by atoms with Crippen LogP contribution in [-0.2, 0) is 13.1 Å². The fraction of sp³-hybridized carbons (Fsp3) is 0.391. The first kappa shape index (κ1) is 18.5. The molecule has 0 aromatic heterocycles. The van der Waals surface area contributed by atoms with Crippen LogP contribution in [0.25, 0.3) is 0 Å². The summed E-state index contributed by atoms with van der Waals surface area (Å²) >= 11 is 0. The Morgan fingerprint density at radius 3 is 2.75 bits per heavy atom. The van der Waals surface area contributed by atoms with Crippen LogP contribution < -0.4 is 5.73 Å². The number of aliphatic imine (C=N–C) groups is 1. The summed E-state index contributed by atoms with van der Waals surface area (Å²) in [7, 11) is 1.94. The van der Waals surface area contributed by atoms with Gasteiger partial charge in [-0.15, -0.1) is 0 Å². The predicted octanol–water partition coefficient (Wildman–Crippen LogP) is 4.05. The molecule has 1 fully saturated rings. The van der Waals surface area contributed by atoms with E-state index in [1.165, 1.54) is 24.8 Å². The van der Waals surface area contributed by atoms with Crippen LogP contribution in [0.3, 0.4) is 0 Å². The minimum atomic E-state index is 0.111. The number of para-hydroxylation sites is 1. The van der Waals surface area contributed by atoms with Crippen molar-refractivity contribution >= 4 is 17.6 Å². The second-order valence-corrected chi connectivity index (χ2v) is 7.86. The van der Waals surface area contributed by atoms with E-state index < -0.39 is 0 Å². The standard InChI is InChI=1S/C23H28N4O/c1-26(20-11-3-2-4-12-20)22(28)18-10-7-8-17(14-18)15-27-16-19-9-5-6-13-21(19)25-23(27)24/h5-10,13-14,20H,2-4,11-12,15-16H2,1H3,(H2,24,25). The van der Waals surface area contributed by atoms with Gasteiger partial charge in [0.25, 0.3) is 5.91 Å². The number of fused-ring (bicyclic) bond motifs is 1. The summed E-state index contributed by atoms with van der Waals surface area (Å²) in [5, 5.41) is 0. The molecule has 1 amide bonds. The van der Waals surface area contributed by atoms with E-state index in [4.69, 9.17) is 5.73 Å². The maximum absolute atomic E-state index is 13.0. The summed E-state index contributed by atoms with van der Waals surface area (Å²) in [6.07, 6.45) is 5.95. The van der Waals surface area contributed by atoms with Crippen molar-refractivity contribution in [3.05, 3.63) is 65.2 Å². The Hall–Kier alpha value is -2.82. The Morgan fingerprint density at radius 1 is 1.14 bits per heavy atom. The molecule has 0 radical (unpaired) electrons. The minimum Gasteiger partial charge on any atom is -0.369 e. The Kier molecular flexibility index (Phi) is 5.33.